The SMILES string of the molecule is COc1cc(F)c(NS(=O)(=O)N2CC=CCC2)cc1Cl. The van der Waals surface area contributed by atoms with Gasteiger partial charge in [0.15, 0.2) is 5.82 Å². The Bertz CT molecular complexity index is 634. The number of rotatable bonds is 4. The number of anilines is 1. The molecule has 5 nitrogen and oxygen atoms in total. The van der Waals surface area contributed by atoms with Gasteiger partial charge in [-0.3, -0.25) is 4.72 Å². The van der Waals surface area contributed by atoms with Gasteiger partial charge >= 0.3 is 10.2 Å². The van der Waals surface area contributed by atoms with Crippen molar-refractivity contribution in [2.24, 2.45) is 0 Å². The summed E-state index contributed by atoms with van der Waals surface area (Å²) in [6, 6.07) is 2.23. The van der Waals surface area contributed by atoms with Gasteiger partial charge in [-0.25, -0.2) is 4.39 Å². The summed E-state index contributed by atoms with van der Waals surface area (Å²) >= 11 is 5.86. The minimum absolute atomic E-state index is 0.130. The molecule has 0 saturated carbocycles. The third-order valence-corrected chi connectivity index (χ3v) is 4.63. The Morgan fingerprint density at radius 2 is 2.15 bits per heavy atom. The average molecular weight is 321 g/mol. The number of halogens is 2. The fraction of sp³-hybridized carbons (Fsp3) is 0.333. The molecule has 8 heteroatoms. The standard InChI is InChI=1S/C12H14ClFN2O3S/c1-19-12-8-10(14)11(7-9(12)13)15-20(17,18)16-5-3-2-4-6-16/h2-3,7-8,15H,4-6H2,1H3. The number of methoxy groups -OCH3 is 1. The lowest BCUT2D eigenvalue weighted by atomic mass is 10.3. The van der Waals surface area contributed by atoms with Crippen molar-refractivity contribution >= 4 is 27.5 Å². The lowest BCUT2D eigenvalue weighted by Crippen LogP contribution is -2.38. The Balaban J connectivity index is 2.25. The second kappa shape index (κ2) is 5.99. The van der Waals surface area contributed by atoms with Crippen molar-refractivity contribution in [3.63, 3.8) is 0 Å². The second-order valence-corrected chi connectivity index (χ2v) is 6.27. The molecule has 2 rings (SSSR count). The van der Waals surface area contributed by atoms with Crippen LogP contribution in [0.1, 0.15) is 6.42 Å². The molecule has 1 aliphatic rings. The summed E-state index contributed by atoms with van der Waals surface area (Å²) in [5.41, 5.74) is -0.203. The zero-order chi connectivity index (χ0) is 14.8. The Hall–Kier alpha value is -1.31. The van der Waals surface area contributed by atoms with Crippen LogP contribution in [-0.4, -0.2) is 32.9 Å². The summed E-state index contributed by atoms with van der Waals surface area (Å²) in [5, 5.41) is 0.130. The predicted molar refractivity (Wildman–Crippen MR) is 75.8 cm³/mol. The molecule has 1 aliphatic heterocycles. The molecule has 20 heavy (non-hydrogen) atoms. The molecule has 0 saturated heterocycles. The van der Waals surface area contributed by atoms with E-state index in [1.807, 2.05) is 6.08 Å². The van der Waals surface area contributed by atoms with Crippen molar-refractivity contribution in [1.29, 1.82) is 0 Å². The summed E-state index contributed by atoms with van der Waals surface area (Å²) < 4.78 is 46.3. The second-order valence-electron chi connectivity index (χ2n) is 4.19. The number of benzene rings is 1. The molecule has 0 atom stereocenters. The molecule has 1 aromatic rings. The summed E-state index contributed by atoms with van der Waals surface area (Å²) in [7, 11) is -2.45. The topological polar surface area (TPSA) is 58.6 Å². The summed E-state index contributed by atoms with van der Waals surface area (Å²) in [4.78, 5) is 0. The molecule has 0 fully saturated rings. The van der Waals surface area contributed by atoms with E-state index in [1.165, 1.54) is 17.5 Å². The van der Waals surface area contributed by atoms with Crippen molar-refractivity contribution in [2.75, 3.05) is 24.9 Å². The van der Waals surface area contributed by atoms with Gasteiger partial charge in [-0.05, 0) is 12.5 Å². The number of nitrogens with one attached hydrogen (secondary N) is 1. The molecule has 110 valence electrons. The minimum atomic E-state index is -3.80. The van der Waals surface area contributed by atoms with Crippen LogP contribution in [-0.2, 0) is 10.2 Å². The van der Waals surface area contributed by atoms with E-state index in [2.05, 4.69) is 4.72 Å². The van der Waals surface area contributed by atoms with Gasteiger partial charge < -0.3 is 4.74 Å². The van der Waals surface area contributed by atoms with E-state index in [0.717, 1.165) is 6.07 Å². The Kier molecular flexibility index (Phi) is 4.52. The zero-order valence-electron chi connectivity index (χ0n) is 10.8. The lowest BCUT2D eigenvalue weighted by Gasteiger charge is -2.23. The van der Waals surface area contributed by atoms with Crippen molar-refractivity contribution in [1.82, 2.24) is 4.31 Å². The van der Waals surface area contributed by atoms with E-state index in [0.29, 0.717) is 13.0 Å². The van der Waals surface area contributed by atoms with Gasteiger partial charge in [0.05, 0.1) is 17.8 Å². The van der Waals surface area contributed by atoms with Crippen LogP contribution in [0.3, 0.4) is 0 Å². The first-order chi connectivity index (χ1) is 9.44. The highest BCUT2D eigenvalue weighted by Crippen LogP contribution is 2.30. The van der Waals surface area contributed by atoms with Gasteiger partial charge in [0.2, 0.25) is 0 Å². The van der Waals surface area contributed by atoms with Crippen LogP contribution in [0.5, 0.6) is 5.75 Å². The molecule has 1 N–H and O–H groups in total. The van der Waals surface area contributed by atoms with Crippen LogP contribution in [0.15, 0.2) is 24.3 Å². The van der Waals surface area contributed by atoms with Gasteiger partial charge in [0.25, 0.3) is 0 Å². The molecule has 0 radical (unpaired) electrons. The maximum atomic E-state index is 13.8. The highest BCUT2D eigenvalue weighted by molar-refractivity contribution is 7.90. The molecule has 1 heterocycles. The smallest absolute Gasteiger partial charge is 0.302 e. The molecule has 0 aliphatic carbocycles. The third-order valence-electron chi connectivity index (χ3n) is 2.84. The van der Waals surface area contributed by atoms with E-state index in [4.69, 9.17) is 16.3 Å². The first-order valence-electron chi connectivity index (χ1n) is 5.90. The van der Waals surface area contributed by atoms with E-state index in [-0.39, 0.29) is 23.0 Å². The van der Waals surface area contributed by atoms with Crippen molar-refractivity contribution in [3.05, 3.63) is 35.1 Å². The average Bonchev–Trinajstić information content (AvgIpc) is 2.43. The van der Waals surface area contributed by atoms with Crippen LogP contribution >= 0.6 is 11.6 Å². The Morgan fingerprint density at radius 1 is 1.40 bits per heavy atom. The summed E-state index contributed by atoms with van der Waals surface area (Å²) in [6.45, 7) is 0.623. The summed E-state index contributed by atoms with van der Waals surface area (Å²) in [5.74, 6) is -0.601. The van der Waals surface area contributed by atoms with Crippen LogP contribution in [0.2, 0.25) is 5.02 Å². The predicted octanol–water partition coefficient (Wildman–Crippen LogP) is 2.41. The van der Waals surface area contributed by atoms with Gasteiger partial charge in [-0.15, -0.1) is 0 Å². The van der Waals surface area contributed by atoms with Gasteiger partial charge in [-0.2, -0.15) is 12.7 Å². The van der Waals surface area contributed by atoms with E-state index in [1.54, 1.807) is 6.08 Å². The van der Waals surface area contributed by atoms with Crippen molar-refractivity contribution in [2.45, 2.75) is 6.42 Å². The quantitative estimate of drug-likeness (QED) is 0.867. The van der Waals surface area contributed by atoms with E-state index in [9.17, 15) is 12.8 Å². The first-order valence-corrected chi connectivity index (χ1v) is 7.72. The monoisotopic (exact) mass is 320 g/mol. The van der Waals surface area contributed by atoms with Gasteiger partial charge in [0.1, 0.15) is 5.75 Å². The van der Waals surface area contributed by atoms with E-state index >= 15 is 0 Å². The Morgan fingerprint density at radius 3 is 2.75 bits per heavy atom. The van der Waals surface area contributed by atoms with Crippen LogP contribution in [0.25, 0.3) is 0 Å². The Labute approximate surface area is 122 Å². The number of hydrogen-bond acceptors (Lipinski definition) is 3. The number of ether oxygens (including phenoxy) is 1. The molecular weight excluding hydrogens is 307 g/mol. The number of nitrogens with zero attached hydrogens (tertiary/aromatic N) is 1. The fourth-order valence-electron chi connectivity index (χ4n) is 1.80. The maximum absolute atomic E-state index is 13.8. The highest BCUT2D eigenvalue weighted by Gasteiger charge is 2.23. The highest BCUT2D eigenvalue weighted by atomic mass is 35.5. The molecular formula is C12H14ClFN2O3S. The van der Waals surface area contributed by atoms with Gasteiger partial charge in [-0.1, -0.05) is 23.8 Å². The largest absolute Gasteiger partial charge is 0.495 e. The molecule has 0 amide bonds. The third kappa shape index (κ3) is 3.23. The first kappa shape index (κ1) is 15.1. The minimum Gasteiger partial charge on any atom is -0.495 e. The molecule has 0 aromatic heterocycles. The molecule has 0 spiro atoms. The van der Waals surface area contributed by atoms with Crippen LogP contribution in [0, 0.1) is 5.82 Å². The fourth-order valence-corrected chi connectivity index (χ4v) is 3.24. The van der Waals surface area contributed by atoms with E-state index < -0.39 is 16.0 Å². The molecule has 0 unspecified atom stereocenters. The molecule has 0 bridgehead atoms. The normalized spacial score (nSPS) is 16.1. The zero-order valence-corrected chi connectivity index (χ0v) is 12.3. The van der Waals surface area contributed by atoms with Crippen molar-refractivity contribution in [3.8, 4) is 5.75 Å². The van der Waals surface area contributed by atoms with Crippen LogP contribution in [0.4, 0.5) is 10.1 Å². The lowest BCUT2D eigenvalue weighted by molar-refractivity contribution is 0.411. The maximum Gasteiger partial charge on any atom is 0.302 e. The number of hydrogen-bond donors (Lipinski definition) is 1. The van der Waals surface area contributed by atoms with Crippen LogP contribution < -0.4 is 9.46 Å². The van der Waals surface area contributed by atoms with Gasteiger partial charge in [0, 0.05) is 19.2 Å². The summed E-state index contributed by atoms with van der Waals surface area (Å²) in [6.07, 6.45) is 4.28. The molecule has 1 aromatic carbocycles. The van der Waals surface area contributed by atoms with Crippen molar-refractivity contribution < 1.29 is 17.5 Å².